The smallest absolute Gasteiger partial charge is 0.407 e. The van der Waals surface area contributed by atoms with E-state index in [1.165, 1.54) is 34.3 Å². The molecule has 12 nitrogen and oxygen atoms in total. The molecule has 0 radical (unpaired) electrons. The lowest BCUT2D eigenvalue weighted by atomic mass is 10.1. The van der Waals surface area contributed by atoms with Crippen LogP contribution in [-0.2, 0) is 27.4 Å². The number of aromatic nitrogens is 4. The summed E-state index contributed by atoms with van der Waals surface area (Å²) in [4.78, 5) is 51.6. The molecule has 1 aliphatic rings. The summed E-state index contributed by atoms with van der Waals surface area (Å²) in [6, 6.07) is 3.37. The number of amides is 3. The summed E-state index contributed by atoms with van der Waals surface area (Å²) in [5.74, 6) is -1.35. The third kappa shape index (κ3) is 7.57. The Balaban J connectivity index is 1.35. The number of likely N-dealkylation sites (tertiary alicyclic amines) is 1. The van der Waals surface area contributed by atoms with Gasteiger partial charge in [0.2, 0.25) is 11.8 Å². The van der Waals surface area contributed by atoms with Crippen LogP contribution in [0.1, 0.15) is 31.7 Å². The Labute approximate surface area is 239 Å². The molecular formula is C26H31ClF2N8O4. The van der Waals surface area contributed by atoms with Crippen LogP contribution in [-0.4, -0.2) is 80.8 Å². The van der Waals surface area contributed by atoms with Gasteiger partial charge in [-0.05, 0) is 12.5 Å². The van der Waals surface area contributed by atoms with Gasteiger partial charge in [0.15, 0.2) is 11.5 Å². The molecule has 1 aromatic carbocycles. The first kappa shape index (κ1) is 29.9. The summed E-state index contributed by atoms with van der Waals surface area (Å²) in [5.41, 5.74) is 0.930. The molecule has 0 spiro atoms. The van der Waals surface area contributed by atoms with E-state index >= 15 is 0 Å². The Morgan fingerprint density at radius 2 is 2.00 bits per heavy atom. The number of halogens is 3. The van der Waals surface area contributed by atoms with E-state index in [4.69, 9.17) is 16.3 Å². The number of hydrogen-bond donors (Lipinski definition) is 3. The number of alkyl carbamates (subject to hydrolysis) is 1. The summed E-state index contributed by atoms with van der Waals surface area (Å²) in [5, 5.41) is 8.19. The molecule has 41 heavy (non-hydrogen) atoms. The molecule has 2 aromatic heterocycles. The number of nitrogens with one attached hydrogen (secondary N) is 3. The van der Waals surface area contributed by atoms with Gasteiger partial charge < -0.3 is 30.2 Å². The summed E-state index contributed by atoms with van der Waals surface area (Å²) in [6.45, 7) is 2.33. The van der Waals surface area contributed by atoms with Gasteiger partial charge in [0.05, 0.1) is 24.5 Å². The lowest BCUT2D eigenvalue weighted by molar-refractivity contribution is -0.139. The van der Waals surface area contributed by atoms with Crippen LogP contribution in [0.5, 0.6) is 0 Å². The van der Waals surface area contributed by atoms with Crippen molar-refractivity contribution in [1.29, 1.82) is 0 Å². The zero-order valence-electron chi connectivity index (χ0n) is 22.4. The number of ether oxygens (including phenoxy) is 1. The van der Waals surface area contributed by atoms with E-state index in [0.29, 0.717) is 30.1 Å². The number of nitrogens with zero attached hydrogens (tertiary/aromatic N) is 5. The van der Waals surface area contributed by atoms with Gasteiger partial charge in [-0.25, -0.2) is 28.5 Å². The van der Waals surface area contributed by atoms with Gasteiger partial charge in [0.25, 0.3) is 0 Å². The third-order valence-corrected chi connectivity index (χ3v) is 6.77. The maximum Gasteiger partial charge on any atom is 0.407 e. The molecular weight excluding hydrogens is 562 g/mol. The van der Waals surface area contributed by atoms with Gasteiger partial charge in [-0.3, -0.25) is 9.59 Å². The highest BCUT2D eigenvalue weighted by Gasteiger charge is 2.39. The lowest BCUT2D eigenvalue weighted by Crippen LogP contribution is -2.46. The van der Waals surface area contributed by atoms with E-state index in [2.05, 4.69) is 30.9 Å². The molecule has 0 saturated carbocycles. The van der Waals surface area contributed by atoms with Crippen molar-refractivity contribution in [1.82, 2.24) is 35.1 Å². The molecule has 0 aliphatic carbocycles. The molecule has 3 N–H and O–H groups in total. The molecule has 1 saturated heterocycles. The van der Waals surface area contributed by atoms with Gasteiger partial charge >= 0.3 is 6.09 Å². The van der Waals surface area contributed by atoms with Crippen molar-refractivity contribution in [2.24, 2.45) is 0 Å². The van der Waals surface area contributed by atoms with Gasteiger partial charge in [0.1, 0.15) is 36.4 Å². The predicted molar refractivity (Wildman–Crippen MR) is 146 cm³/mol. The number of imidazole rings is 1. The Hall–Kier alpha value is -4.07. The van der Waals surface area contributed by atoms with Crippen molar-refractivity contribution < 1.29 is 27.9 Å². The average Bonchev–Trinajstić information content (AvgIpc) is 3.56. The molecule has 220 valence electrons. The Morgan fingerprint density at radius 1 is 1.17 bits per heavy atom. The van der Waals surface area contributed by atoms with E-state index < -0.39 is 35.9 Å². The number of benzene rings is 1. The van der Waals surface area contributed by atoms with Gasteiger partial charge in [-0.2, -0.15) is 0 Å². The number of fused-ring (bicyclic) bond motifs is 1. The highest BCUT2D eigenvalue weighted by molar-refractivity contribution is 6.30. The number of hydrogen-bond acceptors (Lipinski definition) is 8. The molecule has 0 unspecified atom stereocenters. The van der Waals surface area contributed by atoms with Crippen LogP contribution in [0.2, 0.25) is 5.02 Å². The lowest BCUT2D eigenvalue weighted by Gasteiger charge is -2.24. The van der Waals surface area contributed by atoms with E-state index in [9.17, 15) is 23.2 Å². The summed E-state index contributed by atoms with van der Waals surface area (Å²) in [7, 11) is 0. The first-order chi connectivity index (χ1) is 19.8. The first-order valence-electron chi connectivity index (χ1n) is 13.2. The topological polar surface area (TPSA) is 143 Å². The minimum atomic E-state index is -1.38. The van der Waals surface area contributed by atoms with Crippen LogP contribution < -0.4 is 16.0 Å². The number of carbonyl (C=O) groups is 3. The zero-order chi connectivity index (χ0) is 29.4. The van der Waals surface area contributed by atoms with Crippen LogP contribution in [0.25, 0.3) is 11.2 Å². The molecule has 15 heteroatoms. The van der Waals surface area contributed by atoms with Gasteiger partial charge in [0, 0.05) is 31.6 Å². The Bertz CT molecular complexity index is 1390. The fraction of sp³-hybridized carbons (Fsp3) is 0.462. The molecule has 4 rings (SSSR count). The fourth-order valence-corrected chi connectivity index (χ4v) is 4.56. The molecule has 1 fully saturated rings. The predicted octanol–water partition coefficient (Wildman–Crippen LogP) is 2.81. The number of unbranched alkanes of at least 4 members (excludes halogenated alkanes) is 1. The summed E-state index contributed by atoms with van der Waals surface area (Å²) < 4.78 is 35.1. The third-order valence-electron chi connectivity index (χ3n) is 6.48. The standard InChI is InChI=1S/C26H31ClF2N8O4/c1-2-3-9-41-26(40)31-8-7-30-23-22-24(34-14-33-23)36(15-35-22)13-20(38)37-12-17(28)10-19(37)25(39)32-11-16-5-4-6-18(27)21(16)29/h4-6,14-15,17,19H,2-3,7-13H2,1H3,(H,31,40)(H,32,39)(H,30,33,34)/t17-,19+/m1/s1. The maximum atomic E-state index is 14.4. The van der Waals surface area contributed by atoms with E-state index in [-0.39, 0.29) is 43.2 Å². The van der Waals surface area contributed by atoms with Crippen molar-refractivity contribution >= 4 is 46.5 Å². The monoisotopic (exact) mass is 592 g/mol. The largest absolute Gasteiger partial charge is 0.450 e. The van der Waals surface area contributed by atoms with Crippen LogP contribution in [0, 0.1) is 5.82 Å². The van der Waals surface area contributed by atoms with Crippen molar-refractivity contribution in [2.75, 3.05) is 31.6 Å². The molecule has 3 aromatic rings. The van der Waals surface area contributed by atoms with Crippen molar-refractivity contribution in [3.8, 4) is 0 Å². The summed E-state index contributed by atoms with van der Waals surface area (Å²) >= 11 is 5.79. The second kappa shape index (κ2) is 14.0. The van der Waals surface area contributed by atoms with E-state index in [1.807, 2.05) is 6.92 Å². The number of anilines is 1. The second-order valence-electron chi connectivity index (χ2n) is 9.44. The van der Waals surface area contributed by atoms with Crippen LogP contribution in [0.4, 0.5) is 19.4 Å². The van der Waals surface area contributed by atoms with Crippen molar-refractivity contribution in [2.45, 2.75) is 51.5 Å². The highest BCUT2D eigenvalue weighted by atomic mass is 35.5. The van der Waals surface area contributed by atoms with E-state index in [1.54, 1.807) is 6.07 Å². The minimum absolute atomic E-state index is 0.0767. The Morgan fingerprint density at radius 3 is 2.80 bits per heavy atom. The zero-order valence-corrected chi connectivity index (χ0v) is 23.2. The Kier molecular flexibility index (Phi) is 10.2. The van der Waals surface area contributed by atoms with Crippen LogP contribution >= 0.6 is 11.6 Å². The van der Waals surface area contributed by atoms with Crippen LogP contribution in [0.15, 0.2) is 30.9 Å². The first-order valence-corrected chi connectivity index (χ1v) is 13.6. The van der Waals surface area contributed by atoms with Gasteiger partial charge in [-0.15, -0.1) is 0 Å². The number of alkyl halides is 1. The van der Waals surface area contributed by atoms with Crippen molar-refractivity contribution in [3.05, 3.63) is 47.3 Å². The molecule has 3 heterocycles. The minimum Gasteiger partial charge on any atom is -0.450 e. The fourth-order valence-electron chi connectivity index (χ4n) is 4.36. The summed E-state index contributed by atoms with van der Waals surface area (Å²) in [6.07, 6.45) is 2.38. The molecule has 1 aliphatic heterocycles. The molecule has 3 amide bonds. The maximum absolute atomic E-state index is 14.4. The SMILES string of the molecule is CCCCOC(=O)NCCNc1ncnc2c1ncn2CC(=O)N1C[C@H](F)C[C@H]1C(=O)NCc1cccc(Cl)c1F. The second-order valence-corrected chi connectivity index (χ2v) is 9.84. The van der Waals surface area contributed by atoms with E-state index in [0.717, 1.165) is 12.8 Å². The number of rotatable bonds is 12. The van der Waals surface area contributed by atoms with Crippen molar-refractivity contribution in [3.63, 3.8) is 0 Å². The molecule has 2 atom stereocenters. The van der Waals surface area contributed by atoms with Crippen LogP contribution in [0.3, 0.4) is 0 Å². The van der Waals surface area contributed by atoms with Gasteiger partial charge in [-0.1, -0.05) is 37.1 Å². The highest BCUT2D eigenvalue weighted by Crippen LogP contribution is 2.23. The average molecular weight is 593 g/mol. The molecule has 0 bridgehead atoms. The normalized spacial score (nSPS) is 16.5. The number of carbonyl (C=O) groups excluding carboxylic acids is 3. The quantitative estimate of drug-likeness (QED) is 0.272.